The summed E-state index contributed by atoms with van der Waals surface area (Å²) in [7, 11) is 0. The number of carbonyl (C=O) groups excluding carboxylic acids is 1. The molecule has 1 aliphatic heterocycles. The van der Waals surface area contributed by atoms with Crippen LogP contribution in [0.1, 0.15) is 20.8 Å². The topological polar surface area (TPSA) is 83.6 Å². The number of amides is 1. The van der Waals surface area contributed by atoms with Gasteiger partial charge >= 0.3 is 5.97 Å². The van der Waals surface area contributed by atoms with Gasteiger partial charge in [0.25, 0.3) is 0 Å². The minimum Gasteiger partial charge on any atom is -0.480 e. The molecule has 1 saturated heterocycles. The third-order valence-electron chi connectivity index (χ3n) is 4.07. The average molecular weight is 309 g/mol. The van der Waals surface area contributed by atoms with Crippen molar-refractivity contribution in [3.8, 4) is 0 Å². The summed E-state index contributed by atoms with van der Waals surface area (Å²) in [5.41, 5.74) is 5.49. The van der Waals surface area contributed by atoms with E-state index in [9.17, 15) is 14.7 Å². The molecule has 0 radical (unpaired) electrons. The molecule has 0 unspecified atom stereocenters. The maximum absolute atomic E-state index is 12.3. The first-order valence-corrected chi connectivity index (χ1v) is 6.92. The maximum atomic E-state index is 12.3. The number of rotatable bonds is 2. The van der Waals surface area contributed by atoms with Gasteiger partial charge in [0.2, 0.25) is 5.91 Å². The zero-order valence-corrected chi connectivity index (χ0v) is 12.6. The molecule has 2 rings (SSSR count). The summed E-state index contributed by atoms with van der Waals surface area (Å²) in [5.74, 6) is -2.00. The predicted octanol–water partition coefficient (Wildman–Crippen LogP) is 1.08. The van der Waals surface area contributed by atoms with Gasteiger partial charge in [0, 0.05) is 18.4 Å². The Morgan fingerprint density at radius 3 is 2.37 bits per heavy atom. The molecule has 1 heterocycles. The number of hydrogen-bond donors (Lipinski definition) is 2. The summed E-state index contributed by atoms with van der Waals surface area (Å²) in [6.45, 7) is 5.79. The van der Waals surface area contributed by atoms with Crippen LogP contribution in [0.3, 0.4) is 0 Å². The van der Waals surface area contributed by atoms with Crippen LogP contribution in [-0.2, 0) is 9.59 Å². The Morgan fingerprint density at radius 2 is 1.95 bits per heavy atom. The second kappa shape index (κ2) is 4.24. The lowest BCUT2D eigenvalue weighted by Gasteiger charge is -2.33. The monoisotopic (exact) mass is 308 g/mol. The highest BCUT2D eigenvalue weighted by Crippen LogP contribution is 2.65. The number of carbonyl (C=O) groups is 2. The van der Waals surface area contributed by atoms with Gasteiger partial charge in [-0.3, -0.25) is 4.79 Å². The Kier molecular flexibility index (Phi) is 3.32. The molecule has 1 amide bonds. The normalized spacial score (nSPS) is 33.8. The van der Waals surface area contributed by atoms with Crippen LogP contribution in [0.2, 0.25) is 0 Å². The largest absolute Gasteiger partial charge is 0.480 e. The van der Waals surface area contributed by atoms with Crippen molar-refractivity contribution < 1.29 is 14.7 Å². The van der Waals surface area contributed by atoms with Crippen LogP contribution in [0.15, 0.2) is 0 Å². The van der Waals surface area contributed by atoms with Crippen molar-refractivity contribution >= 4 is 35.1 Å². The van der Waals surface area contributed by atoms with Crippen molar-refractivity contribution in [2.45, 2.75) is 37.2 Å². The van der Waals surface area contributed by atoms with Crippen LogP contribution < -0.4 is 5.73 Å². The van der Waals surface area contributed by atoms with E-state index >= 15 is 0 Å². The van der Waals surface area contributed by atoms with E-state index < -0.39 is 33.7 Å². The Morgan fingerprint density at radius 1 is 1.42 bits per heavy atom. The molecule has 0 bridgehead atoms. The van der Waals surface area contributed by atoms with Gasteiger partial charge in [0.1, 0.15) is 10.4 Å². The van der Waals surface area contributed by atoms with E-state index in [1.54, 1.807) is 0 Å². The first-order chi connectivity index (χ1) is 8.49. The van der Waals surface area contributed by atoms with Gasteiger partial charge in [0.15, 0.2) is 0 Å². The van der Waals surface area contributed by atoms with Crippen molar-refractivity contribution in [3.05, 3.63) is 0 Å². The molecule has 2 aliphatic rings. The SMILES string of the molecule is CC(C)(C)[C@H](N)C(=O)N1C[C@H]2[C@@H]([C@H]1C(=O)O)C2(Cl)Cl. The quantitative estimate of drug-likeness (QED) is 0.748. The molecule has 2 fully saturated rings. The summed E-state index contributed by atoms with van der Waals surface area (Å²) < 4.78 is -1.02. The number of nitrogens with two attached hydrogens (primary N) is 1. The Hall–Kier alpha value is -0.520. The van der Waals surface area contributed by atoms with E-state index in [1.807, 2.05) is 20.8 Å². The number of piperidine rings is 1. The molecule has 0 aromatic heterocycles. The Labute approximate surface area is 122 Å². The third kappa shape index (κ3) is 2.22. The number of halogens is 2. The highest BCUT2D eigenvalue weighted by molar-refractivity contribution is 6.51. The minimum atomic E-state index is -1.08. The molecule has 7 heteroatoms. The summed E-state index contributed by atoms with van der Waals surface area (Å²) in [6.07, 6.45) is 0. The highest BCUT2D eigenvalue weighted by atomic mass is 35.5. The molecule has 108 valence electrons. The second-order valence-corrected chi connectivity index (χ2v) is 7.87. The molecule has 5 nitrogen and oxygen atoms in total. The maximum Gasteiger partial charge on any atom is 0.326 e. The van der Waals surface area contributed by atoms with Gasteiger partial charge in [-0.05, 0) is 5.41 Å². The fourth-order valence-corrected chi connectivity index (χ4v) is 3.49. The van der Waals surface area contributed by atoms with Crippen LogP contribution in [-0.4, -0.2) is 44.8 Å². The zero-order valence-electron chi connectivity index (χ0n) is 11.1. The fourth-order valence-electron chi connectivity index (χ4n) is 2.66. The Bertz CT molecular complexity index is 433. The molecule has 1 aliphatic carbocycles. The minimum absolute atomic E-state index is 0.173. The number of carboxylic acids is 1. The third-order valence-corrected chi connectivity index (χ3v) is 5.13. The molecular formula is C12H18Cl2N2O3. The summed E-state index contributed by atoms with van der Waals surface area (Å²) in [4.78, 5) is 25.0. The summed E-state index contributed by atoms with van der Waals surface area (Å²) >= 11 is 12.0. The standard InChI is InChI=1S/C12H18Cl2N2O3/c1-11(2,3)8(15)9(17)16-4-5-6(12(5,13)14)7(16)10(18)19/h5-8H,4,15H2,1-3H3,(H,18,19)/t5-,6-,7-,8+/m0/s1. The van der Waals surface area contributed by atoms with E-state index in [4.69, 9.17) is 28.9 Å². The number of fused-ring (bicyclic) bond motifs is 1. The van der Waals surface area contributed by atoms with Crippen molar-refractivity contribution in [3.63, 3.8) is 0 Å². The van der Waals surface area contributed by atoms with Gasteiger partial charge in [0.05, 0.1) is 6.04 Å². The predicted molar refractivity (Wildman–Crippen MR) is 72.0 cm³/mol. The van der Waals surface area contributed by atoms with E-state index in [-0.39, 0.29) is 18.4 Å². The zero-order chi connectivity index (χ0) is 14.7. The van der Waals surface area contributed by atoms with E-state index in [0.717, 1.165) is 0 Å². The van der Waals surface area contributed by atoms with E-state index in [0.29, 0.717) is 0 Å². The van der Waals surface area contributed by atoms with Gasteiger partial charge < -0.3 is 15.7 Å². The molecule has 1 saturated carbocycles. The number of aliphatic carboxylic acids is 1. The number of alkyl halides is 2. The first-order valence-electron chi connectivity index (χ1n) is 6.16. The van der Waals surface area contributed by atoms with Gasteiger partial charge in [-0.1, -0.05) is 20.8 Å². The van der Waals surface area contributed by atoms with E-state index in [1.165, 1.54) is 4.90 Å². The molecule has 19 heavy (non-hydrogen) atoms. The number of nitrogens with zero attached hydrogens (tertiary/aromatic N) is 1. The van der Waals surface area contributed by atoms with Crippen LogP contribution in [0.4, 0.5) is 0 Å². The highest BCUT2D eigenvalue weighted by Gasteiger charge is 2.74. The fraction of sp³-hybridized carbons (Fsp3) is 0.833. The molecule has 3 N–H and O–H groups in total. The molecule has 0 aromatic carbocycles. The van der Waals surface area contributed by atoms with Crippen molar-refractivity contribution in [1.29, 1.82) is 0 Å². The van der Waals surface area contributed by atoms with Crippen LogP contribution in [0.25, 0.3) is 0 Å². The number of hydrogen-bond acceptors (Lipinski definition) is 3. The molecule has 0 aromatic rings. The lowest BCUT2D eigenvalue weighted by atomic mass is 9.86. The van der Waals surface area contributed by atoms with Gasteiger partial charge in [-0.25, -0.2) is 4.79 Å². The summed E-state index contributed by atoms with van der Waals surface area (Å²) in [5, 5.41) is 9.29. The van der Waals surface area contributed by atoms with Crippen molar-refractivity contribution in [1.82, 2.24) is 4.90 Å². The van der Waals surface area contributed by atoms with Crippen LogP contribution in [0.5, 0.6) is 0 Å². The first kappa shape index (κ1) is 14.9. The van der Waals surface area contributed by atoms with Crippen LogP contribution >= 0.6 is 23.2 Å². The average Bonchev–Trinajstić information content (AvgIpc) is 2.65. The number of carboxylic acid groups (broad SMARTS) is 1. The lowest BCUT2D eigenvalue weighted by molar-refractivity contribution is -0.151. The van der Waals surface area contributed by atoms with Gasteiger partial charge in [-0.15, -0.1) is 23.2 Å². The van der Waals surface area contributed by atoms with E-state index in [2.05, 4.69) is 0 Å². The van der Waals surface area contributed by atoms with Gasteiger partial charge in [-0.2, -0.15) is 0 Å². The number of likely N-dealkylation sites (tertiary alicyclic amines) is 1. The second-order valence-electron chi connectivity index (χ2n) is 6.42. The molecular weight excluding hydrogens is 291 g/mol. The molecule has 0 spiro atoms. The lowest BCUT2D eigenvalue weighted by Crippen LogP contribution is -2.55. The summed E-state index contributed by atoms with van der Waals surface area (Å²) in [6, 6.07) is -1.71. The van der Waals surface area contributed by atoms with Crippen molar-refractivity contribution in [2.24, 2.45) is 23.0 Å². The molecule has 4 atom stereocenters. The van der Waals surface area contributed by atoms with Crippen molar-refractivity contribution in [2.75, 3.05) is 6.54 Å². The smallest absolute Gasteiger partial charge is 0.326 e. The van der Waals surface area contributed by atoms with Crippen LogP contribution in [0, 0.1) is 17.3 Å². The Balaban J connectivity index is 2.19.